The Balaban J connectivity index is 0.00000171. The quantitative estimate of drug-likeness (QED) is 0.106. The minimum atomic E-state index is 0. The van der Waals surface area contributed by atoms with Crippen molar-refractivity contribution in [1.29, 1.82) is 0 Å². The molecule has 1 fully saturated rings. The Labute approximate surface area is 420 Å². The molecule has 344 valence electrons. The molecule has 7 heteroatoms. The molecule has 0 aliphatic heterocycles. The monoisotopic (exact) mass is 1070 g/mol. The molecule has 0 spiro atoms. The van der Waals surface area contributed by atoms with Gasteiger partial charge < -0.3 is 36.2 Å². The Morgan fingerprint density at radius 3 is 1.10 bits per heavy atom. The molecule has 2 aromatic heterocycles. The van der Waals surface area contributed by atoms with Gasteiger partial charge in [0.2, 0.25) is 0 Å². The third kappa shape index (κ3) is 8.73. The van der Waals surface area contributed by atoms with Crippen molar-refractivity contribution in [3.05, 3.63) is 188 Å². The molecule has 1 saturated carbocycles. The Hall–Kier alpha value is -6.57. The van der Waals surface area contributed by atoms with Crippen LogP contribution in [-0.4, -0.2) is 32.6 Å². The van der Waals surface area contributed by atoms with Crippen molar-refractivity contribution in [2.24, 2.45) is 11.8 Å². The average Bonchev–Trinajstić information content (AvgIpc) is 3.85. The number of phenolic OH excluding ortho intramolecular Hbond substituents is 2. The fourth-order valence-electron chi connectivity index (χ4n) is 10.4. The summed E-state index contributed by atoms with van der Waals surface area (Å²) in [5.74, 6) is 2.50. The van der Waals surface area contributed by atoms with Gasteiger partial charge in [0, 0.05) is 69.6 Å². The van der Waals surface area contributed by atoms with Gasteiger partial charge in [0.25, 0.3) is 0 Å². The summed E-state index contributed by atoms with van der Waals surface area (Å²) >= 11 is 0. The van der Waals surface area contributed by atoms with E-state index >= 15 is 0 Å². The average molecular weight is 1060 g/mol. The standard InChI is InChI=1S/C58H50N2O4.2CH4.CH3.Hf/c1-37-31-47(57(61)53(33-37)59-49-25-11-5-19-41(49)42-20-6-12-26-50(42)59)45-23-9-15-29-55(45)63-35-39-17-3-4-18-40(39)36-64-56-30-16-10-24-46(56)48-32-38(2)34-54(58(48)62)60-51-27-13-7-21-43(51)44-22-8-14-28-52(44)60;;;;/h5-16,19-34,39-40,61-62H,3-4,17-18,35-36H2,1-2H3;2*1H4;1H3;/q;;;-1;/t39-,40-;;;;/m0..../s1. The Morgan fingerprint density at radius 1 is 0.441 bits per heavy atom. The fourth-order valence-corrected chi connectivity index (χ4v) is 10.4. The maximum Gasteiger partial charge on any atom is 0.147 e. The maximum atomic E-state index is 12.2. The number of nitrogens with zero attached hydrogens (tertiary/aromatic N) is 2. The van der Waals surface area contributed by atoms with E-state index in [9.17, 15) is 10.2 Å². The summed E-state index contributed by atoms with van der Waals surface area (Å²) < 4.78 is 18.0. The van der Waals surface area contributed by atoms with Gasteiger partial charge in [0.1, 0.15) is 23.0 Å². The van der Waals surface area contributed by atoms with Crippen molar-refractivity contribution in [3.8, 4) is 56.6 Å². The van der Waals surface area contributed by atoms with Crippen LogP contribution >= 0.6 is 0 Å². The van der Waals surface area contributed by atoms with E-state index < -0.39 is 0 Å². The Morgan fingerprint density at radius 2 is 0.750 bits per heavy atom. The molecule has 8 aromatic carbocycles. The smallest absolute Gasteiger partial charge is 0.147 e. The van der Waals surface area contributed by atoms with Gasteiger partial charge in [-0.1, -0.05) is 137 Å². The SMILES string of the molecule is C.C.Cc1cc(-c2ccccc2OC[C@@H]2CCCC[C@H]2COc2ccccc2-c2cc(C)cc(-n3c4ccccc4c4ccccc43)c2O)c(O)c(-n2c3ccccc3c3ccccc32)c1.[CH3-].[Hf]. The second-order valence-electron chi connectivity index (χ2n) is 17.5. The molecule has 2 atom stereocenters. The third-order valence-electron chi connectivity index (χ3n) is 13.4. The van der Waals surface area contributed by atoms with E-state index in [0.29, 0.717) is 13.2 Å². The van der Waals surface area contributed by atoms with Crippen molar-refractivity contribution >= 4 is 43.6 Å². The van der Waals surface area contributed by atoms with Crippen LogP contribution in [0, 0.1) is 33.1 Å². The largest absolute Gasteiger partial charge is 0.505 e. The van der Waals surface area contributed by atoms with Gasteiger partial charge in [-0.25, -0.2) is 0 Å². The normalized spacial score (nSPS) is 14.4. The number of aryl methyl sites for hydroxylation is 2. The molecule has 0 radical (unpaired) electrons. The molecule has 11 rings (SSSR count). The van der Waals surface area contributed by atoms with Crippen molar-refractivity contribution in [2.75, 3.05) is 13.2 Å². The summed E-state index contributed by atoms with van der Waals surface area (Å²) in [7, 11) is 0. The predicted octanol–water partition coefficient (Wildman–Crippen LogP) is 16.2. The van der Waals surface area contributed by atoms with E-state index in [1.165, 1.54) is 0 Å². The predicted molar refractivity (Wildman–Crippen MR) is 282 cm³/mol. The van der Waals surface area contributed by atoms with Crippen LogP contribution in [0.15, 0.2) is 170 Å². The van der Waals surface area contributed by atoms with Gasteiger partial charge in [-0.2, -0.15) is 0 Å². The number of benzene rings is 8. The number of ether oxygens (including phenoxy) is 2. The molecule has 68 heavy (non-hydrogen) atoms. The van der Waals surface area contributed by atoms with Crippen LogP contribution in [-0.2, 0) is 25.8 Å². The summed E-state index contributed by atoms with van der Waals surface area (Å²) in [6.45, 7) is 5.25. The van der Waals surface area contributed by atoms with E-state index in [1.54, 1.807) is 0 Å². The van der Waals surface area contributed by atoms with Crippen molar-refractivity contribution in [2.45, 2.75) is 54.4 Å². The number of hydrogen-bond donors (Lipinski definition) is 2. The molecule has 0 amide bonds. The van der Waals surface area contributed by atoms with E-state index in [4.69, 9.17) is 9.47 Å². The van der Waals surface area contributed by atoms with Crippen LogP contribution in [0.25, 0.3) is 77.2 Å². The topological polar surface area (TPSA) is 68.8 Å². The summed E-state index contributed by atoms with van der Waals surface area (Å²) in [6, 6.07) is 57.9. The fraction of sp³-hybridized carbons (Fsp3) is 0.197. The number of rotatable bonds is 10. The molecule has 0 unspecified atom stereocenters. The molecule has 2 heterocycles. The van der Waals surface area contributed by atoms with Gasteiger partial charge in [0.05, 0.1) is 46.7 Å². The molecule has 2 N–H and O–H groups in total. The summed E-state index contributed by atoms with van der Waals surface area (Å²) in [5, 5.41) is 29.0. The number of aromatic hydroxyl groups is 2. The van der Waals surface area contributed by atoms with Crippen molar-refractivity contribution in [1.82, 2.24) is 9.13 Å². The first kappa shape index (κ1) is 49.3. The van der Waals surface area contributed by atoms with Crippen LogP contribution in [0.3, 0.4) is 0 Å². The number of para-hydroxylation sites is 6. The van der Waals surface area contributed by atoms with Crippen LogP contribution in [0.2, 0.25) is 0 Å². The molecule has 10 aromatic rings. The van der Waals surface area contributed by atoms with Gasteiger partial charge in [0.15, 0.2) is 0 Å². The van der Waals surface area contributed by atoms with Gasteiger partial charge >= 0.3 is 0 Å². The van der Waals surface area contributed by atoms with Gasteiger partial charge in [-0.3, -0.25) is 0 Å². The second-order valence-corrected chi connectivity index (χ2v) is 17.5. The maximum absolute atomic E-state index is 12.2. The first-order valence-electron chi connectivity index (χ1n) is 22.5. The van der Waals surface area contributed by atoms with E-state index in [-0.39, 0.29) is 71.5 Å². The third-order valence-corrected chi connectivity index (χ3v) is 13.4. The molecule has 0 bridgehead atoms. The number of phenols is 2. The van der Waals surface area contributed by atoms with Crippen LogP contribution in [0.5, 0.6) is 23.0 Å². The minimum absolute atomic E-state index is 0. The first-order chi connectivity index (χ1) is 31.4. The minimum Gasteiger partial charge on any atom is -0.505 e. The van der Waals surface area contributed by atoms with Crippen LogP contribution < -0.4 is 9.47 Å². The van der Waals surface area contributed by atoms with Gasteiger partial charge in [-0.05, 0) is 110 Å². The van der Waals surface area contributed by atoms with Gasteiger partial charge in [-0.15, -0.1) is 0 Å². The number of aromatic nitrogens is 2. The molecule has 0 saturated heterocycles. The number of hydrogen-bond acceptors (Lipinski definition) is 4. The first-order valence-corrected chi connectivity index (χ1v) is 22.5. The second kappa shape index (κ2) is 20.7. The molecule has 1 aliphatic rings. The summed E-state index contributed by atoms with van der Waals surface area (Å²) in [5.41, 5.74) is 11.0. The number of fused-ring (bicyclic) bond motifs is 6. The zero-order chi connectivity index (χ0) is 43.3. The van der Waals surface area contributed by atoms with Crippen LogP contribution in [0.4, 0.5) is 0 Å². The van der Waals surface area contributed by atoms with E-state index in [1.807, 2.05) is 48.5 Å². The summed E-state index contributed by atoms with van der Waals surface area (Å²) in [4.78, 5) is 0. The summed E-state index contributed by atoms with van der Waals surface area (Å²) in [6.07, 6.45) is 4.39. The van der Waals surface area contributed by atoms with Crippen molar-refractivity contribution in [3.63, 3.8) is 0 Å². The Kier molecular flexibility index (Phi) is 15.1. The molecular formula is C61H61HfN2O4-. The van der Waals surface area contributed by atoms with E-state index in [2.05, 4.69) is 144 Å². The molecular weight excluding hydrogens is 1000 g/mol. The zero-order valence-corrected chi connectivity index (χ0v) is 41.3. The molecule has 6 nitrogen and oxygen atoms in total. The Bertz CT molecular complexity index is 3050. The van der Waals surface area contributed by atoms with E-state index in [0.717, 1.165) is 126 Å². The van der Waals surface area contributed by atoms with Crippen molar-refractivity contribution < 1.29 is 45.5 Å². The zero-order valence-electron chi connectivity index (χ0n) is 37.7. The molecule has 1 aliphatic carbocycles. The van der Waals surface area contributed by atoms with Crippen LogP contribution in [0.1, 0.15) is 51.7 Å².